The van der Waals surface area contributed by atoms with Crippen LogP contribution in [0.1, 0.15) is 47.7 Å². The molecule has 6 heteroatoms. The monoisotopic (exact) mass is 300 g/mol. The quantitative estimate of drug-likeness (QED) is 0.902. The largest absolute Gasteiger partial charge is 0.416 e. The molecule has 1 amide bonds. The van der Waals surface area contributed by atoms with Gasteiger partial charge < -0.3 is 11.1 Å². The zero-order valence-corrected chi connectivity index (χ0v) is 11.8. The molecule has 0 bridgehead atoms. The Balaban J connectivity index is 2.20. The summed E-state index contributed by atoms with van der Waals surface area (Å²) in [6.07, 6.45) is -1.40. The summed E-state index contributed by atoms with van der Waals surface area (Å²) < 4.78 is 38.1. The van der Waals surface area contributed by atoms with Crippen LogP contribution in [0, 0.1) is 0 Å². The minimum atomic E-state index is -4.40. The van der Waals surface area contributed by atoms with Crippen molar-refractivity contribution in [2.24, 2.45) is 5.73 Å². The number of halogens is 3. The summed E-state index contributed by atoms with van der Waals surface area (Å²) >= 11 is 0. The van der Waals surface area contributed by atoms with Crippen molar-refractivity contribution in [1.82, 2.24) is 5.32 Å². The lowest BCUT2D eigenvalue weighted by molar-refractivity contribution is -0.137. The minimum absolute atomic E-state index is 0.0755. The van der Waals surface area contributed by atoms with Crippen molar-refractivity contribution >= 4 is 5.91 Å². The molecule has 3 N–H and O–H groups in total. The SMILES string of the molecule is CCc1cc(C(F)(F)F)ccc1C(=O)N[C@H]1CCC[C@H]1N. The van der Waals surface area contributed by atoms with Crippen molar-refractivity contribution < 1.29 is 18.0 Å². The van der Waals surface area contributed by atoms with Crippen molar-refractivity contribution in [3.8, 4) is 0 Å². The Morgan fingerprint density at radius 3 is 2.62 bits per heavy atom. The molecular formula is C15H19F3N2O. The highest BCUT2D eigenvalue weighted by Gasteiger charge is 2.32. The fourth-order valence-corrected chi connectivity index (χ4v) is 2.70. The Hall–Kier alpha value is -1.56. The van der Waals surface area contributed by atoms with E-state index in [9.17, 15) is 18.0 Å². The zero-order valence-electron chi connectivity index (χ0n) is 11.8. The number of nitrogens with two attached hydrogens (primary N) is 1. The van der Waals surface area contributed by atoms with Crippen molar-refractivity contribution in [3.63, 3.8) is 0 Å². The Morgan fingerprint density at radius 2 is 2.10 bits per heavy atom. The zero-order chi connectivity index (χ0) is 15.6. The number of aryl methyl sites for hydroxylation is 1. The molecule has 1 aromatic rings. The summed E-state index contributed by atoms with van der Waals surface area (Å²) in [5, 5.41) is 2.83. The van der Waals surface area contributed by atoms with Crippen molar-refractivity contribution in [3.05, 3.63) is 34.9 Å². The van der Waals surface area contributed by atoms with E-state index in [0.29, 0.717) is 17.5 Å². The molecule has 1 saturated carbocycles. The number of carbonyl (C=O) groups is 1. The number of rotatable bonds is 3. The highest BCUT2D eigenvalue weighted by Crippen LogP contribution is 2.31. The van der Waals surface area contributed by atoms with Gasteiger partial charge in [0.1, 0.15) is 0 Å². The molecule has 1 aromatic carbocycles. The summed E-state index contributed by atoms with van der Waals surface area (Å²) in [7, 11) is 0. The first-order valence-corrected chi connectivity index (χ1v) is 7.09. The van der Waals surface area contributed by atoms with Crippen LogP contribution >= 0.6 is 0 Å². The maximum absolute atomic E-state index is 12.7. The molecule has 2 rings (SSSR count). The predicted molar refractivity (Wildman–Crippen MR) is 73.9 cm³/mol. The number of hydrogen-bond donors (Lipinski definition) is 2. The second-order valence-electron chi connectivity index (χ2n) is 5.40. The molecule has 0 aromatic heterocycles. The Morgan fingerprint density at radius 1 is 1.38 bits per heavy atom. The molecular weight excluding hydrogens is 281 g/mol. The first-order valence-electron chi connectivity index (χ1n) is 7.09. The van der Waals surface area contributed by atoms with Crippen LogP contribution < -0.4 is 11.1 Å². The van der Waals surface area contributed by atoms with E-state index in [1.54, 1.807) is 6.92 Å². The topological polar surface area (TPSA) is 55.1 Å². The van der Waals surface area contributed by atoms with E-state index in [-0.39, 0.29) is 18.0 Å². The lowest BCUT2D eigenvalue weighted by Gasteiger charge is -2.19. The molecule has 2 atom stereocenters. The summed E-state index contributed by atoms with van der Waals surface area (Å²) in [5.74, 6) is -0.345. The lowest BCUT2D eigenvalue weighted by atomic mass is 10.0. The summed E-state index contributed by atoms with van der Waals surface area (Å²) in [6.45, 7) is 1.73. The number of benzene rings is 1. The van der Waals surface area contributed by atoms with Gasteiger partial charge in [-0.25, -0.2) is 0 Å². The summed E-state index contributed by atoms with van der Waals surface area (Å²) in [6, 6.07) is 3.07. The van der Waals surface area contributed by atoms with Crippen LogP contribution in [0.2, 0.25) is 0 Å². The molecule has 116 valence electrons. The van der Waals surface area contributed by atoms with E-state index in [4.69, 9.17) is 5.73 Å². The molecule has 21 heavy (non-hydrogen) atoms. The van der Waals surface area contributed by atoms with Crippen LogP contribution in [-0.4, -0.2) is 18.0 Å². The van der Waals surface area contributed by atoms with Crippen LogP contribution in [-0.2, 0) is 12.6 Å². The molecule has 0 radical (unpaired) electrons. The average molecular weight is 300 g/mol. The first-order chi connectivity index (χ1) is 9.82. The van der Waals surface area contributed by atoms with Crippen molar-refractivity contribution in [2.75, 3.05) is 0 Å². The smallest absolute Gasteiger partial charge is 0.348 e. The highest BCUT2D eigenvalue weighted by atomic mass is 19.4. The molecule has 0 unspecified atom stereocenters. The van der Waals surface area contributed by atoms with E-state index in [1.807, 2.05) is 0 Å². The average Bonchev–Trinajstić information content (AvgIpc) is 2.82. The van der Waals surface area contributed by atoms with Gasteiger partial charge >= 0.3 is 6.18 Å². The minimum Gasteiger partial charge on any atom is -0.348 e. The third kappa shape index (κ3) is 3.56. The maximum Gasteiger partial charge on any atom is 0.416 e. The molecule has 1 fully saturated rings. The van der Waals surface area contributed by atoms with Gasteiger partial charge in [0.2, 0.25) is 0 Å². The summed E-state index contributed by atoms with van der Waals surface area (Å²) in [4.78, 5) is 12.2. The lowest BCUT2D eigenvalue weighted by Crippen LogP contribution is -2.44. The van der Waals surface area contributed by atoms with Gasteiger partial charge in [-0.05, 0) is 49.4 Å². The van der Waals surface area contributed by atoms with Gasteiger partial charge in [0.15, 0.2) is 0 Å². The van der Waals surface area contributed by atoms with E-state index < -0.39 is 11.7 Å². The fourth-order valence-electron chi connectivity index (χ4n) is 2.70. The van der Waals surface area contributed by atoms with Gasteiger partial charge in [-0.2, -0.15) is 13.2 Å². The van der Waals surface area contributed by atoms with Crippen LogP contribution in [0.25, 0.3) is 0 Å². The third-order valence-corrected chi connectivity index (χ3v) is 3.94. The highest BCUT2D eigenvalue weighted by molar-refractivity contribution is 5.96. The van der Waals surface area contributed by atoms with Gasteiger partial charge in [-0.15, -0.1) is 0 Å². The van der Waals surface area contributed by atoms with Crippen LogP contribution in [0.4, 0.5) is 13.2 Å². The van der Waals surface area contributed by atoms with Crippen LogP contribution in [0.15, 0.2) is 18.2 Å². The fraction of sp³-hybridized carbons (Fsp3) is 0.533. The first kappa shape index (κ1) is 15.8. The second-order valence-corrected chi connectivity index (χ2v) is 5.40. The summed E-state index contributed by atoms with van der Waals surface area (Å²) in [5.41, 5.74) is 5.86. The van der Waals surface area contributed by atoms with E-state index in [0.717, 1.165) is 31.4 Å². The standard InChI is InChI=1S/C15H19F3N2O/c1-2-9-8-10(15(16,17)18)6-7-11(9)14(21)20-13-5-3-4-12(13)19/h6-8,12-13H,2-5,19H2,1H3,(H,20,21)/t12-,13+/m1/s1. The van der Waals surface area contributed by atoms with Crippen molar-refractivity contribution in [1.29, 1.82) is 0 Å². The Kier molecular flexibility index (Phi) is 4.56. The number of amides is 1. The molecule has 0 heterocycles. The van der Waals surface area contributed by atoms with Gasteiger partial charge in [0.05, 0.1) is 5.56 Å². The number of carbonyl (C=O) groups excluding carboxylic acids is 1. The molecule has 1 aliphatic rings. The molecule has 0 spiro atoms. The van der Waals surface area contributed by atoms with Gasteiger partial charge in [-0.3, -0.25) is 4.79 Å². The maximum atomic E-state index is 12.7. The van der Waals surface area contributed by atoms with Crippen LogP contribution in [0.5, 0.6) is 0 Å². The molecule has 3 nitrogen and oxygen atoms in total. The number of hydrogen-bond acceptors (Lipinski definition) is 2. The van der Waals surface area contributed by atoms with Crippen molar-refractivity contribution in [2.45, 2.75) is 50.9 Å². The van der Waals surface area contributed by atoms with Crippen LogP contribution in [0.3, 0.4) is 0 Å². The van der Waals surface area contributed by atoms with Gasteiger partial charge in [0, 0.05) is 17.6 Å². The number of alkyl halides is 3. The molecule has 1 aliphatic carbocycles. The molecule has 0 saturated heterocycles. The predicted octanol–water partition coefficient (Wildman–Crippen LogP) is 2.88. The van der Waals surface area contributed by atoms with E-state index in [2.05, 4.69) is 5.32 Å². The van der Waals surface area contributed by atoms with Gasteiger partial charge in [0.25, 0.3) is 5.91 Å². The van der Waals surface area contributed by atoms with Gasteiger partial charge in [-0.1, -0.05) is 6.92 Å². The van der Waals surface area contributed by atoms with E-state index >= 15 is 0 Å². The normalized spacial score (nSPS) is 22.3. The molecule has 0 aliphatic heterocycles. The van der Waals surface area contributed by atoms with E-state index in [1.165, 1.54) is 6.07 Å². The second kappa shape index (κ2) is 6.05. The Bertz CT molecular complexity index is 528. The third-order valence-electron chi connectivity index (χ3n) is 3.94. The Labute approximate surface area is 121 Å². The number of nitrogens with one attached hydrogen (secondary N) is 1.